The molecule has 4 aromatic heterocycles. The highest BCUT2D eigenvalue weighted by Gasteiger charge is 2.36. The number of hydrogen-bond donors (Lipinski definition) is 1. The first-order valence-electron chi connectivity index (χ1n) is 12.4. The molecule has 0 fully saturated rings. The summed E-state index contributed by atoms with van der Waals surface area (Å²) in [6, 6.07) is 3.17. The van der Waals surface area contributed by atoms with E-state index in [1.807, 2.05) is 32.5 Å². The fourth-order valence-electron chi connectivity index (χ4n) is 4.39. The van der Waals surface area contributed by atoms with Gasteiger partial charge in [-0.15, -0.1) is 11.3 Å². The predicted octanol–water partition coefficient (Wildman–Crippen LogP) is 3.89. The Hall–Kier alpha value is -4.23. The van der Waals surface area contributed by atoms with Crippen molar-refractivity contribution >= 4 is 17.2 Å². The molecule has 208 valence electrons. The lowest BCUT2D eigenvalue weighted by molar-refractivity contribution is 0.0947. The number of hydrogen-bond acceptors (Lipinski definition) is 7. The van der Waals surface area contributed by atoms with Gasteiger partial charge in [0.25, 0.3) is 5.91 Å². The average Bonchev–Trinajstić information content (AvgIpc) is 3.74. The first kappa shape index (κ1) is 27.3. The van der Waals surface area contributed by atoms with Gasteiger partial charge in [-0.05, 0) is 26.0 Å². The molecule has 10 nitrogen and oxygen atoms in total. The van der Waals surface area contributed by atoms with E-state index in [1.54, 1.807) is 28.9 Å². The largest absolute Gasteiger partial charge is 0.383 e. The predicted molar refractivity (Wildman–Crippen MR) is 145 cm³/mol. The van der Waals surface area contributed by atoms with Crippen LogP contribution in [0.4, 0.5) is 8.78 Å². The van der Waals surface area contributed by atoms with Crippen molar-refractivity contribution in [1.82, 2.24) is 39.6 Å². The lowest BCUT2D eigenvalue weighted by atomic mass is 9.83. The van der Waals surface area contributed by atoms with Crippen molar-refractivity contribution in [1.29, 1.82) is 0 Å². The molecule has 4 heterocycles. The molecule has 1 aromatic carbocycles. The highest BCUT2D eigenvalue weighted by molar-refractivity contribution is 7.10. The molecule has 1 amide bonds. The van der Waals surface area contributed by atoms with Crippen LogP contribution >= 0.6 is 11.3 Å². The number of carbonyl (C=O) groups excluding carboxylic acids is 1. The van der Waals surface area contributed by atoms with Crippen LogP contribution in [0.2, 0.25) is 0 Å². The Bertz CT molecular complexity index is 1660. The van der Waals surface area contributed by atoms with Gasteiger partial charge in [-0.2, -0.15) is 15.3 Å². The smallest absolute Gasteiger partial charge is 0.254 e. The molecule has 0 saturated heterocycles. The van der Waals surface area contributed by atoms with Gasteiger partial charge >= 0.3 is 0 Å². The highest BCUT2D eigenvalue weighted by atomic mass is 32.1. The van der Waals surface area contributed by atoms with E-state index in [-0.39, 0.29) is 17.8 Å². The number of thiazole rings is 1. The summed E-state index contributed by atoms with van der Waals surface area (Å²) < 4.78 is 37.5. The van der Waals surface area contributed by atoms with Crippen LogP contribution in [0.15, 0.2) is 54.6 Å². The SMILES string of the molecule is COCCn1cc(-c2csc(C(C)(CNC(=O)c3cnn(-c4ccc(F)cc4F)c3)c3cnn(C)c3C)n2)cn1. The van der Waals surface area contributed by atoms with Crippen LogP contribution < -0.4 is 5.32 Å². The normalized spacial score (nSPS) is 12.9. The second-order valence-electron chi connectivity index (χ2n) is 9.57. The van der Waals surface area contributed by atoms with E-state index in [1.165, 1.54) is 34.5 Å². The molecular formula is C27H28F2N8O2S. The van der Waals surface area contributed by atoms with Crippen molar-refractivity contribution in [2.45, 2.75) is 25.8 Å². The first-order chi connectivity index (χ1) is 19.2. The van der Waals surface area contributed by atoms with Gasteiger partial charge in [0.2, 0.25) is 0 Å². The number of methoxy groups -OCH3 is 1. The van der Waals surface area contributed by atoms with Gasteiger partial charge in [0.1, 0.15) is 16.5 Å². The zero-order valence-electron chi connectivity index (χ0n) is 22.4. The molecule has 0 radical (unpaired) electrons. The zero-order valence-corrected chi connectivity index (χ0v) is 23.2. The highest BCUT2D eigenvalue weighted by Crippen LogP contribution is 2.37. The van der Waals surface area contributed by atoms with Crippen LogP contribution in [0.1, 0.15) is 33.5 Å². The van der Waals surface area contributed by atoms with Crippen molar-refractivity contribution in [3.05, 3.63) is 88.0 Å². The molecule has 0 aliphatic heterocycles. The second-order valence-corrected chi connectivity index (χ2v) is 10.4. The van der Waals surface area contributed by atoms with Crippen LogP contribution in [0, 0.1) is 18.6 Å². The maximum absolute atomic E-state index is 14.2. The molecule has 1 unspecified atom stereocenters. The maximum atomic E-state index is 14.2. The van der Waals surface area contributed by atoms with Crippen LogP contribution in [-0.2, 0) is 23.7 Å². The number of rotatable bonds is 10. The van der Waals surface area contributed by atoms with Crippen LogP contribution in [0.5, 0.6) is 0 Å². The van der Waals surface area contributed by atoms with E-state index in [4.69, 9.17) is 9.72 Å². The third kappa shape index (κ3) is 5.29. The third-order valence-electron chi connectivity index (χ3n) is 6.86. The number of benzene rings is 1. The Morgan fingerprint density at radius 3 is 2.70 bits per heavy atom. The lowest BCUT2D eigenvalue weighted by Gasteiger charge is -2.28. The minimum Gasteiger partial charge on any atom is -0.383 e. The van der Waals surface area contributed by atoms with E-state index < -0.39 is 23.0 Å². The number of nitrogens with zero attached hydrogens (tertiary/aromatic N) is 7. The van der Waals surface area contributed by atoms with Crippen molar-refractivity contribution in [2.24, 2.45) is 7.05 Å². The number of aryl methyl sites for hydroxylation is 1. The molecule has 5 rings (SSSR count). The Morgan fingerprint density at radius 2 is 1.98 bits per heavy atom. The number of nitrogens with one attached hydrogen (secondary N) is 1. The Labute approximate surface area is 233 Å². The number of aromatic nitrogens is 7. The van der Waals surface area contributed by atoms with Gasteiger partial charge in [-0.3, -0.25) is 14.2 Å². The molecule has 1 N–H and O–H groups in total. The minimum absolute atomic E-state index is 0.0390. The molecule has 0 aliphatic carbocycles. The lowest BCUT2D eigenvalue weighted by Crippen LogP contribution is -2.40. The van der Waals surface area contributed by atoms with Crippen molar-refractivity contribution in [2.75, 3.05) is 20.3 Å². The van der Waals surface area contributed by atoms with Gasteiger partial charge in [-0.25, -0.2) is 18.4 Å². The monoisotopic (exact) mass is 566 g/mol. The standard InChI is InChI=1S/C27H28F2N8O2S/c1-17-21(12-31-35(17)3)27(2,26-34-23(15-40-26)18-10-32-36(13-18)7-8-39-4)16-30-25(38)19-11-33-37(14-19)24-6-5-20(28)9-22(24)29/h5-6,9-15H,7-8,16H2,1-4H3,(H,30,38). The van der Waals surface area contributed by atoms with E-state index >= 15 is 0 Å². The summed E-state index contributed by atoms with van der Waals surface area (Å²) in [5, 5.41) is 18.7. The summed E-state index contributed by atoms with van der Waals surface area (Å²) in [7, 11) is 3.51. The summed E-state index contributed by atoms with van der Waals surface area (Å²) in [6.45, 7) is 5.39. The minimum atomic E-state index is -0.779. The molecule has 40 heavy (non-hydrogen) atoms. The first-order valence-corrected chi connectivity index (χ1v) is 13.3. The molecule has 1 atom stereocenters. The number of carbonyl (C=O) groups is 1. The van der Waals surface area contributed by atoms with Crippen molar-refractivity contribution < 1.29 is 18.3 Å². The van der Waals surface area contributed by atoms with Gasteiger partial charge in [0, 0.05) is 61.4 Å². The average molecular weight is 567 g/mol. The summed E-state index contributed by atoms with van der Waals surface area (Å²) >= 11 is 1.49. The van der Waals surface area contributed by atoms with Crippen molar-refractivity contribution in [3.63, 3.8) is 0 Å². The maximum Gasteiger partial charge on any atom is 0.254 e. The Kier molecular flexibility index (Phi) is 7.59. The van der Waals surface area contributed by atoms with Crippen LogP contribution in [0.3, 0.4) is 0 Å². The van der Waals surface area contributed by atoms with Gasteiger partial charge in [0.15, 0.2) is 5.82 Å². The number of halogens is 2. The third-order valence-corrected chi connectivity index (χ3v) is 7.97. The van der Waals surface area contributed by atoms with E-state index in [9.17, 15) is 13.6 Å². The van der Waals surface area contributed by atoms with E-state index in [0.717, 1.165) is 39.7 Å². The summed E-state index contributed by atoms with van der Waals surface area (Å²) in [6.07, 6.45) is 8.23. The molecule has 0 aliphatic rings. The van der Waals surface area contributed by atoms with Crippen LogP contribution in [0.25, 0.3) is 16.9 Å². The Balaban J connectivity index is 1.40. The molecule has 13 heteroatoms. The molecule has 0 spiro atoms. The molecule has 5 aromatic rings. The molecular weight excluding hydrogens is 538 g/mol. The summed E-state index contributed by atoms with van der Waals surface area (Å²) in [5.74, 6) is -1.86. The van der Waals surface area contributed by atoms with E-state index in [2.05, 4.69) is 20.6 Å². The fourth-order valence-corrected chi connectivity index (χ4v) is 5.39. The topological polar surface area (TPSA) is 105 Å². The van der Waals surface area contributed by atoms with Gasteiger partial charge in [-0.1, -0.05) is 0 Å². The number of amides is 1. The molecule has 0 saturated carbocycles. The van der Waals surface area contributed by atoms with E-state index in [0.29, 0.717) is 13.2 Å². The quantitative estimate of drug-likeness (QED) is 0.275. The number of ether oxygens (including phenoxy) is 1. The molecule has 0 bridgehead atoms. The van der Waals surface area contributed by atoms with Crippen molar-refractivity contribution in [3.8, 4) is 16.9 Å². The van der Waals surface area contributed by atoms with Gasteiger partial charge < -0.3 is 10.1 Å². The Morgan fingerprint density at radius 1 is 1.15 bits per heavy atom. The van der Waals surface area contributed by atoms with Gasteiger partial charge in [0.05, 0.1) is 48.4 Å². The summed E-state index contributed by atoms with van der Waals surface area (Å²) in [4.78, 5) is 18.1. The second kappa shape index (κ2) is 11.1. The van der Waals surface area contributed by atoms with Crippen LogP contribution in [-0.4, -0.2) is 60.5 Å². The zero-order chi connectivity index (χ0) is 28.4. The summed E-state index contributed by atoms with van der Waals surface area (Å²) in [5.41, 5.74) is 3.10. The fraction of sp³-hybridized carbons (Fsp3) is 0.296.